The Hall–Kier alpha value is -2.90. The third-order valence-electron chi connectivity index (χ3n) is 5.27. The molecule has 3 aromatic rings. The summed E-state index contributed by atoms with van der Waals surface area (Å²) in [4.78, 5) is 29.3. The van der Waals surface area contributed by atoms with Crippen LogP contribution in [0.2, 0.25) is 10.0 Å². The fourth-order valence-electron chi connectivity index (χ4n) is 3.39. The summed E-state index contributed by atoms with van der Waals surface area (Å²) in [5.74, 6) is -0.523. The Bertz CT molecular complexity index is 1240. The minimum absolute atomic E-state index is 0.00440. The van der Waals surface area contributed by atoms with E-state index in [9.17, 15) is 22.8 Å². The molecule has 3 rings (SSSR count). The number of rotatable bonds is 8. The molecule has 0 aliphatic carbocycles. The highest BCUT2D eigenvalue weighted by molar-refractivity contribution is 6.36. The largest absolute Gasteiger partial charge is 0.416 e. The number of aromatic nitrogens is 1. The molecule has 0 amide bonds. The molecular weight excluding hydrogens is 488 g/mol. The molecule has 1 N–H and O–H groups in total. The van der Waals surface area contributed by atoms with Crippen LogP contribution in [0.15, 0.2) is 48.7 Å². The summed E-state index contributed by atoms with van der Waals surface area (Å²) >= 11 is 12.5. The first-order valence-corrected chi connectivity index (χ1v) is 11.2. The molecule has 1 aromatic heterocycles. The second-order valence-electron chi connectivity index (χ2n) is 7.73. The molecule has 178 valence electrons. The molecule has 0 radical (unpaired) electrons. The van der Waals surface area contributed by atoms with E-state index in [1.165, 1.54) is 31.3 Å². The van der Waals surface area contributed by atoms with Gasteiger partial charge in [0.25, 0.3) is 0 Å². The Morgan fingerprint density at radius 2 is 1.82 bits per heavy atom. The highest BCUT2D eigenvalue weighted by Crippen LogP contribution is 2.33. The van der Waals surface area contributed by atoms with Crippen LogP contribution in [0.1, 0.15) is 51.7 Å². The predicted molar refractivity (Wildman–Crippen MR) is 127 cm³/mol. The van der Waals surface area contributed by atoms with Crippen LogP contribution in [0.5, 0.6) is 0 Å². The Labute approximate surface area is 205 Å². The zero-order chi connectivity index (χ0) is 25.0. The van der Waals surface area contributed by atoms with Crippen LogP contribution in [-0.4, -0.2) is 16.6 Å². The number of nitrogens with one attached hydrogen (secondary N) is 1. The lowest BCUT2D eigenvalue weighted by molar-refractivity contribution is -0.138. The third kappa shape index (κ3) is 5.96. The van der Waals surface area contributed by atoms with Crippen LogP contribution in [-0.2, 0) is 23.9 Å². The van der Waals surface area contributed by atoms with E-state index in [2.05, 4.69) is 10.3 Å². The first kappa shape index (κ1) is 25.7. The number of anilines is 1. The van der Waals surface area contributed by atoms with Crippen molar-refractivity contribution in [3.8, 4) is 0 Å². The van der Waals surface area contributed by atoms with E-state index in [0.717, 1.165) is 6.07 Å². The Kier molecular flexibility index (Phi) is 8.00. The molecule has 1 heterocycles. The lowest BCUT2D eigenvalue weighted by atomic mass is 10.00. The lowest BCUT2D eigenvalue weighted by Gasteiger charge is -2.15. The van der Waals surface area contributed by atoms with Crippen molar-refractivity contribution in [1.82, 2.24) is 4.98 Å². The minimum Gasteiger partial charge on any atom is -0.379 e. The van der Waals surface area contributed by atoms with E-state index < -0.39 is 17.5 Å². The standard InChI is InChI=1S/C25H21Cl2F3N2O2/c1-3-18(33)10-16-5-4-6-19(22(16)27)24(34)23-21(11-17(26)13-32-23)31-12-15-8-7-14(2)20(9-15)25(28,29)30/h4-9,11,13,31H,3,10,12H2,1-2H3. The van der Waals surface area contributed by atoms with Crippen molar-refractivity contribution >= 4 is 40.5 Å². The normalized spacial score (nSPS) is 11.4. The maximum absolute atomic E-state index is 13.3. The van der Waals surface area contributed by atoms with Crippen molar-refractivity contribution in [2.24, 2.45) is 0 Å². The molecular formula is C25H21Cl2F3N2O2. The van der Waals surface area contributed by atoms with Crippen molar-refractivity contribution in [3.05, 3.63) is 92.2 Å². The van der Waals surface area contributed by atoms with Gasteiger partial charge in [0.1, 0.15) is 11.5 Å². The molecule has 0 unspecified atom stereocenters. The number of nitrogens with zero attached hydrogens (tertiary/aromatic N) is 1. The highest BCUT2D eigenvalue weighted by atomic mass is 35.5. The second-order valence-corrected chi connectivity index (χ2v) is 8.54. The summed E-state index contributed by atoms with van der Waals surface area (Å²) in [6.45, 7) is 3.14. The number of halogens is 5. The van der Waals surface area contributed by atoms with Crippen LogP contribution in [0.3, 0.4) is 0 Å². The maximum Gasteiger partial charge on any atom is 0.416 e. The number of hydrogen-bond acceptors (Lipinski definition) is 4. The molecule has 4 nitrogen and oxygen atoms in total. The van der Waals surface area contributed by atoms with Crippen LogP contribution < -0.4 is 5.32 Å². The Morgan fingerprint density at radius 1 is 1.09 bits per heavy atom. The average molecular weight is 509 g/mol. The van der Waals surface area contributed by atoms with Gasteiger partial charge in [-0.3, -0.25) is 9.59 Å². The molecule has 0 saturated heterocycles. The number of carbonyl (C=O) groups excluding carboxylic acids is 2. The summed E-state index contributed by atoms with van der Waals surface area (Å²) in [6, 6.07) is 10.3. The van der Waals surface area contributed by atoms with Crippen LogP contribution >= 0.6 is 23.2 Å². The quantitative estimate of drug-likeness (QED) is 0.330. The van der Waals surface area contributed by atoms with E-state index in [1.807, 2.05) is 0 Å². The van der Waals surface area contributed by atoms with Gasteiger partial charge in [-0.25, -0.2) is 4.98 Å². The van der Waals surface area contributed by atoms with Gasteiger partial charge in [0.2, 0.25) is 5.78 Å². The fourth-order valence-corrected chi connectivity index (χ4v) is 3.83. The summed E-state index contributed by atoms with van der Waals surface area (Å²) in [5, 5.41) is 3.36. The molecule has 0 aliphatic rings. The molecule has 0 saturated carbocycles. The lowest BCUT2D eigenvalue weighted by Crippen LogP contribution is -2.13. The molecule has 2 aromatic carbocycles. The average Bonchev–Trinajstić information content (AvgIpc) is 2.78. The Morgan fingerprint density at radius 3 is 2.50 bits per heavy atom. The van der Waals surface area contributed by atoms with Gasteiger partial charge in [0.05, 0.1) is 21.3 Å². The smallest absolute Gasteiger partial charge is 0.379 e. The number of carbonyl (C=O) groups is 2. The zero-order valence-electron chi connectivity index (χ0n) is 18.4. The molecule has 0 aliphatic heterocycles. The van der Waals surface area contributed by atoms with Crippen molar-refractivity contribution in [1.29, 1.82) is 0 Å². The molecule has 9 heteroatoms. The summed E-state index contributed by atoms with van der Waals surface area (Å²) in [7, 11) is 0. The first-order valence-electron chi connectivity index (χ1n) is 10.4. The highest BCUT2D eigenvalue weighted by Gasteiger charge is 2.32. The van der Waals surface area contributed by atoms with E-state index in [4.69, 9.17) is 23.2 Å². The number of ketones is 2. The number of Topliss-reactive ketones (excluding diaryl/α,β-unsaturated/α-hetero) is 1. The second kappa shape index (κ2) is 10.6. The van der Waals surface area contributed by atoms with Crippen LogP contribution in [0.4, 0.5) is 18.9 Å². The molecule has 0 atom stereocenters. The fraction of sp³-hybridized carbons (Fsp3) is 0.240. The number of hydrogen-bond donors (Lipinski definition) is 1. The van der Waals surface area contributed by atoms with E-state index >= 15 is 0 Å². The summed E-state index contributed by atoms with van der Waals surface area (Å²) in [6.07, 6.45) is -2.73. The number of aryl methyl sites for hydroxylation is 1. The van der Waals surface area contributed by atoms with E-state index in [0.29, 0.717) is 17.5 Å². The van der Waals surface area contributed by atoms with Gasteiger partial charge in [-0.05, 0) is 41.8 Å². The number of alkyl halides is 3. The van der Waals surface area contributed by atoms with E-state index in [1.54, 1.807) is 25.1 Å². The summed E-state index contributed by atoms with van der Waals surface area (Å²) in [5.41, 5.74) is 0.712. The molecule has 0 fully saturated rings. The van der Waals surface area contributed by atoms with Gasteiger partial charge in [0, 0.05) is 31.1 Å². The van der Waals surface area contributed by atoms with Gasteiger partial charge < -0.3 is 5.32 Å². The molecule has 34 heavy (non-hydrogen) atoms. The van der Waals surface area contributed by atoms with Gasteiger partial charge in [-0.1, -0.05) is 54.4 Å². The van der Waals surface area contributed by atoms with Gasteiger partial charge in [-0.2, -0.15) is 13.2 Å². The van der Waals surface area contributed by atoms with Crippen LogP contribution in [0, 0.1) is 6.92 Å². The zero-order valence-corrected chi connectivity index (χ0v) is 19.9. The SMILES string of the molecule is CCC(=O)Cc1cccc(C(=O)c2ncc(Cl)cc2NCc2ccc(C)c(C(F)(F)F)c2)c1Cl. The van der Waals surface area contributed by atoms with Gasteiger partial charge >= 0.3 is 6.18 Å². The maximum atomic E-state index is 13.3. The van der Waals surface area contributed by atoms with Crippen molar-refractivity contribution in [2.45, 2.75) is 39.4 Å². The number of benzene rings is 2. The topological polar surface area (TPSA) is 59.1 Å². The first-order chi connectivity index (χ1) is 16.0. The molecule has 0 bridgehead atoms. The minimum atomic E-state index is -4.47. The molecule has 0 spiro atoms. The monoisotopic (exact) mass is 508 g/mol. The summed E-state index contributed by atoms with van der Waals surface area (Å²) < 4.78 is 39.7. The van der Waals surface area contributed by atoms with E-state index in [-0.39, 0.29) is 51.3 Å². The number of pyridine rings is 1. The Balaban J connectivity index is 1.91. The third-order valence-corrected chi connectivity index (χ3v) is 5.92. The van der Waals surface area contributed by atoms with Crippen LogP contribution in [0.25, 0.3) is 0 Å². The van der Waals surface area contributed by atoms with Crippen molar-refractivity contribution < 1.29 is 22.8 Å². The van der Waals surface area contributed by atoms with Gasteiger partial charge in [-0.15, -0.1) is 0 Å². The van der Waals surface area contributed by atoms with Crippen molar-refractivity contribution in [2.75, 3.05) is 5.32 Å². The van der Waals surface area contributed by atoms with Crippen molar-refractivity contribution in [3.63, 3.8) is 0 Å². The van der Waals surface area contributed by atoms with Gasteiger partial charge in [0.15, 0.2) is 0 Å². The predicted octanol–water partition coefficient (Wildman–Crippen LogP) is 7.08.